The largest absolute Gasteiger partial charge is 0.492 e. The second kappa shape index (κ2) is 7.40. The standard InChI is InChI=1S/C16H19N3O3/c1-3-15-18-12(2)10-16(20)19(15)8-9-22-14-6-4-13(5-7-14)11-17-21/h4-7,10-11,21H,3,8-9H2,1-2H3/b17-11-. The molecule has 0 saturated heterocycles. The summed E-state index contributed by atoms with van der Waals surface area (Å²) in [6.07, 6.45) is 2.04. The number of hydrogen-bond acceptors (Lipinski definition) is 5. The summed E-state index contributed by atoms with van der Waals surface area (Å²) in [4.78, 5) is 16.4. The Hall–Kier alpha value is -2.63. The number of ether oxygens (including phenoxy) is 1. The zero-order chi connectivity index (χ0) is 15.9. The van der Waals surface area contributed by atoms with Gasteiger partial charge in [-0.2, -0.15) is 0 Å². The summed E-state index contributed by atoms with van der Waals surface area (Å²) in [6.45, 7) is 4.62. The van der Waals surface area contributed by atoms with Crippen molar-refractivity contribution in [2.45, 2.75) is 26.8 Å². The highest BCUT2D eigenvalue weighted by atomic mass is 16.5. The van der Waals surface area contributed by atoms with Gasteiger partial charge in [-0.15, -0.1) is 0 Å². The highest BCUT2D eigenvalue weighted by Crippen LogP contribution is 2.11. The Morgan fingerprint density at radius 1 is 1.36 bits per heavy atom. The zero-order valence-electron chi connectivity index (χ0n) is 12.7. The minimum atomic E-state index is -0.0533. The van der Waals surface area contributed by atoms with Gasteiger partial charge in [-0.25, -0.2) is 4.98 Å². The second-order valence-electron chi connectivity index (χ2n) is 4.82. The lowest BCUT2D eigenvalue weighted by Gasteiger charge is -2.12. The second-order valence-corrected chi connectivity index (χ2v) is 4.82. The van der Waals surface area contributed by atoms with E-state index in [1.807, 2.05) is 13.8 Å². The fraction of sp³-hybridized carbons (Fsp3) is 0.312. The van der Waals surface area contributed by atoms with Gasteiger partial charge in [0.25, 0.3) is 5.56 Å². The maximum absolute atomic E-state index is 12.0. The fourth-order valence-electron chi connectivity index (χ4n) is 2.16. The van der Waals surface area contributed by atoms with Crippen LogP contribution in [-0.4, -0.2) is 27.6 Å². The van der Waals surface area contributed by atoms with E-state index in [4.69, 9.17) is 9.94 Å². The van der Waals surface area contributed by atoms with Crippen molar-refractivity contribution in [3.8, 4) is 5.75 Å². The molecule has 0 fully saturated rings. The Balaban J connectivity index is 2.00. The highest BCUT2D eigenvalue weighted by molar-refractivity contribution is 5.79. The Morgan fingerprint density at radius 3 is 2.73 bits per heavy atom. The summed E-state index contributed by atoms with van der Waals surface area (Å²) in [5, 5.41) is 11.4. The topological polar surface area (TPSA) is 76.7 Å². The number of aromatic nitrogens is 2. The Bertz CT molecular complexity index is 706. The predicted molar refractivity (Wildman–Crippen MR) is 83.9 cm³/mol. The molecule has 0 radical (unpaired) electrons. The third kappa shape index (κ3) is 3.94. The molecule has 0 bridgehead atoms. The van der Waals surface area contributed by atoms with Crippen LogP contribution < -0.4 is 10.3 Å². The SMILES string of the molecule is CCc1nc(C)cc(=O)n1CCOc1ccc(/C=N\O)cc1. The molecular formula is C16H19N3O3. The quantitative estimate of drug-likeness (QED) is 0.503. The Labute approximate surface area is 128 Å². The molecule has 1 N–H and O–H groups in total. The molecule has 1 aromatic heterocycles. The van der Waals surface area contributed by atoms with E-state index in [0.29, 0.717) is 25.3 Å². The predicted octanol–water partition coefficient (Wildman–Crippen LogP) is 2.00. The first-order valence-electron chi connectivity index (χ1n) is 7.11. The molecule has 2 rings (SSSR count). The van der Waals surface area contributed by atoms with Crippen molar-refractivity contribution in [3.05, 3.63) is 57.8 Å². The molecule has 116 valence electrons. The van der Waals surface area contributed by atoms with Gasteiger partial charge in [-0.1, -0.05) is 12.1 Å². The fourth-order valence-corrected chi connectivity index (χ4v) is 2.16. The zero-order valence-corrected chi connectivity index (χ0v) is 12.7. The van der Waals surface area contributed by atoms with Crippen LogP contribution in [0.3, 0.4) is 0 Å². The molecule has 1 aromatic carbocycles. The van der Waals surface area contributed by atoms with Crippen LogP contribution in [0, 0.1) is 6.92 Å². The lowest BCUT2D eigenvalue weighted by Crippen LogP contribution is -2.27. The number of nitrogens with zero attached hydrogens (tertiary/aromatic N) is 3. The third-order valence-corrected chi connectivity index (χ3v) is 3.20. The van der Waals surface area contributed by atoms with E-state index in [-0.39, 0.29) is 5.56 Å². The van der Waals surface area contributed by atoms with E-state index in [0.717, 1.165) is 17.1 Å². The molecule has 0 aliphatic heterocycles. The number of hydrogen-bond donors (Lipinski definition) is 1. The molecule has 0 unspecified atom stereocenters. The van der Waals surface area contributed by atoms with E-state index >= 15 is 0 Å². The molecule has 0 amide bonds. The van der Waals surface area contributed by atoms with E-state index in [1.165, 1.54) is 12.3 Å². The average molecular weight is 301 g/mol. The first-order valence-corrected chi connectivity index (χ1v) is 7.11. The molecule has 22 heavy (non-hydrogen) atoms. The van der Waals surface area contributed by atoms with Crippen LogP contribution in [0.4, 0.5) is 0 Å². The first kappa shape index (κ1) is 15.8. The van der Waals surface area contributed by atoms with Crippen LogP contribution in [0.1, 0.15) is 24.0 Å². The van der Waals surface area contributed by atoms with Gasteiger partial charge in [0.1, 0.15) is 18.2 Å². The van der Waals surface area contributed by atoms with Crippen molar-refractivity contribution in [1.29, 1.82) is 0 Å². The lowest BCUT2D eigenvalue weighted by molar-refractivity contribution is 0.293. The normalized spacial score (nSPS) is 11.0. The van der Waals surface area contributed by atoms with Crippen LogP contribution in [-0.2, 0) is 13.0 Å². The van der Waals surface area contributed by atoms with E-state index in [2.05, 4.69) is 10.1 Å². The smallest absolute Gasteiger partial charge is 0.253 e. The van der Waals surface area contributed by atoms with E-state index < -0.39 is 0 Å². The highest BCUT2D eigenvalue weighted by Gasteiger charge is 2.05. The number of oxime groups is 1. The average Bonchev–Trinajstić information content (AvgIpc) is 2.51. The maximum atomic E-state index is 12.0. The number of benzene rings is 1. The Morgan fingerprint density at radius 2 is 2.09 bits per heavy atom. The van der Waals surface area contributed by atoms with Gasteiger partial charge < -0.3 is 9.94 Å². The molecule has 6 nitrogen and oxygen atoms in total. The molecule has 0 spiro atoms. The summed E-state index contributed by atoms with van der Waals surface area (Å²) in [7, 11) is 0. The number of rotatable bonds is 6. The van der Waals surface area contributed by atoms with Gasteiger partial charge in [0.05, 0.1) is 12.8 Å². The van der Waals surface area contributed by atoms with Crippen LogP contribution in [0.5, 0.6) is 5.75 Å². The molecule has 0 atom stereocenters. The van der Waals surface area contributed by atoms with E-state index in [9.17, 15) is 4.79 Å². The third-order valence-electron chi connectivity index (χ3n) is 3.20. The maximum Gasteiger partial charge on any atom is 0.253 e. The van der Waals surface area contributed by atoms with Crippen molar-refractivity contribution in [2.75, 3.05) is 6.61 Å². The minimum Gasteiger partial charge on any atom is -0.492 e. The molecule has 2 aromatic rings. The summed E-state index contributed by atoms with van der Waals surface area (Å²) >= 11 is 0. The summed E-state index contributed by atoms with van der Waals surface area (Å²) in [5.41, 5.74) is 1.46. The van der Waals surface area contributed by atoms with Gasteiger partial charge >= 0.3 is 0 Å². The molecule has 0 aliphatic carbocycles. The van der Waals surface area contributed by atoms with Crippen molar-refractivity contribution < 1.29 is 9.94 Å². The monoisotopic (exact) mass is 301 g/mol. The van der Waals surface area contributed by atoms with Crippen molar-refractivity contribution in [1.82, 2.24) is 9.55 Å². The van der Waals surface area contributed by atoms with E-state index in [1.54, 1.807) is 28.8 Å². The molecular weight excluding hydrogens is 282 g/mol. The van der Waals surface area contributed by atoms with Crippen LogP contribution in [0.2, 0.25) is 0 Å². The van der Waals surface area contributed by atoms with Crippen molar-refractivity contribution in [3.63, 3.8) is 0 Å². The molecule has 1 heterocycles. The Kier molecular flexibility index (Phi) is 5.30. The van der Waals surface area contributed by atoms with Gasteiger partial charge in [-0.3, -0.25) is 9.36 Å². The van der Waals surface area contributed by atoms with Crippen molar-refractivity contribution in [2.24, 2.45) is 5.16 Å². The summed E-state index contributed by atoms with van der Waals surface area (Å²) in [6, 6.07) is 8.67. The molecule has 0 aliphatic rings. The minimum absolute atomic E-state index is 0.0533. The molecule has 6 heteroatoms. The summed E-state index contributed by atoms with van der Waals surface area (Å²) < 4.78 is 7.27. The van der Waals surface area contributed by atoms with Gasteiger partial charge in [-0.05, 0) is 36.8 Å². The summed E-state index contributed by atoms with van der Waals surface area (Å²) in [5.74, 6) is 1.46. The van der Waals surface area contributed by atoms with Gasteiger partial charge in [0, 0.05) is 18.2 Å². The molecule has 0 saturated carbocycles. The van der Waals surface area contributed by atoms with Gasteiger partial charge in [0.2, 0.25) is 0 Å². The van der Waals surface area contributed by atoms with Crippen LogP contribution in [0.15, 0.2) is 40.3 Å². The lowest BCUT2D eigenvalue weighted by atomic mass is 10.2. The first-order chi connectivity index (χ1) is 10.6. The van der Waals surface area contributed by atoms with Gasteiger partial charge in [0.15, 0.2) is 0 Å². The van der Waals surface area contributed by atoms with Crippen LogP contribution >= 0.6 is 0 Å². The van der Waals surface area contributed by atoms with Crippen LogP contribution in [0.25, 0.3) is 0 Å². The van der Waals surface area contributed by atoms with Crippen molar-refractivity contribution >= 4 is 6.21 Å². The number of aryl methyl sites for hydroxylation is 2.